The molecular formula is C25H41NO3. The number of aliphatic hydroxyl groups is 1. The number of benzene rings is 1. The summed E-state index contributed by atoms with van der Waals surface area (Å²) in [5, 5.41) is 12.1. The van der Waals surface area contributed by atoms with Gasteiger partial charge in [-0.3, -0.25) is 4.79 Å². The van der Waals surface area contributed by atoms with Gasteiger partial charge in [0.2, 0.25) is 5.91 Å². The molecule has 4 heteroatoms. The zero-order valence-corrected chi connectivity index (χ0v) is 19.4. The number of unbranched alkanes of at least 4 members (excludes halogenated alkanes) is 1. The highest BCUT2D eigenvalue weighted by Crippen LogP contribution is 2.38. The fourth-order valence-electron chi connectivity index (χ4n) is 4.37. The van der Waals surface area contributed by atoms with Crippen molar-refractivity contribution in [2.45, 2.75) is 110 Å². The highest BCUT2D eigenvalue weighted by molar-refractivity contribution is 5.79. The smallest absolute Gasteiger partial charge is 0.223 e. The quantitative estimate of drug-likeness (QED) is 0.503. The molecule has 1 heterocycles. The summed E-state index contributed by atoms with van der Waals surface area (Å²) in [5.74, 6) is 1.38. The summed E-state index contributed by atoms with van der Waals surface area (Å²) in [7, 11) is 0. The van der Waals surface area contributed by atoms with Crippen LogP contribution in [0.5, 0.6) is 0 Å². The SMILES string of the molecule is CC(C)c1cc(C(C)C)c([C@@H](C)O[C@H]2CC(=O)N[C@H]2CCCCO)c(C(C)C)c1. The zero-order valence-electron chi connectivity index (χ0n) is 19.4. The molecule has 2 rings (SSSR count). The first-order chi connectivity index (χ1) is 13.6. The molecule has 0 bridgehead atoms. The van der Waals surface area contributed by atoms with Crippen LogP contribution >= 0.6 is 0 Å². The van der Waals surface area contributed by atoms with Crippen LogP contribution in [0.15, 0.2) is 12.1 Å². The van der Waals surface area contributed by atoms with E-state index in [2.05, 4.69) is 65.9 Å². The first-order valence-electron chi connectivity index (χ1n) is 11.4. The van der Waals surface area contributed by atoms with Crippen LogP contribution in [0.1, 0.15) is 120 Å². The molecule has 1 aliphatic heterocycles. The topological polar surface area (TPSA) is 58.6 Å². The van der Waals surface area contributed by atoms with Crippen molar-refractivity contribution in [1.82, 2.24) is 5.32 Å². The molecule has 1 saturated heterocycles. The predicted octanol–water partition coefficient (Wildman–Crippen LogP) is 5.55. The predicted molar refractivity (Wildman–Crippen MR) is 119 cm³/mol. The molecule has 164 valence electrons. The second kappa shape index (κ2) is 10.6. The number of amides is 1. The maximum Gasteiger partial charge on any atom is 0.223 e. The Kier molecular flexibility index (Phi) is 8.72. The average Bonchev–Trinajstić information content (AvgIpc) is 2.99. The summed E-state index contributed by atoms with van der Waals surface area (Å²) in [4.78, 5) is 12.0. The van der Waals surface area contributed by atoms with Crippen molar-refractivity contribution < 1.29 is 14.6 Å². The van der Waals surface area contributed by atoms with Crippen LogP contribution in [-0.4, -0.2) is 29.8 Å². The third-order valence-electron chi connectivity index (χ3n) is 6.07. The molecule has 1 aromatic carbocycles. The molecule has 0 spiro atoms. The number of hydrogen-bond acceptors (Lipinski definition) is 3. The van der Waals surface area contributed by atoms with Crippen molar-refractivity contribution in [3.63, 3.8) is 0 Å². The van der Waals surface area contributed by atoms with E-state index < -0.39 is 0 Å². The lowest BCUT2D eigenvalue weighted by Gasteiger charge is -2.30. The van der Waals surface area contributed by atoms with Gasteiger partial charge in [-0.1, -0.05) is 53.7 Å². The van der Waals surface area contributed by atoms with E-state index in [1.165, 1.54) is 22.3 Å². The van der Waals surface area contributed by atoms with Gasteiger partial charge in [0.25, 0.3) is 0 Å². The van der Waals surface area contributed by atoms with Crippen LogP contribution in [-0.2, 0) is 9.53 Å². The van der Waals surface area contributed by atoms with E-state index in [4.69, 9.17) is 9.84 Å². The van der Waals surface area contributed by atoms with Crippen LogP contribution < -0.4 is 5.32 Å². The van der Waals surface area contributed by atoms with Crippen molar-refractivity contribution in [3.8, 4) is 0 Å². The lowest BCUT2D eigenvalue weighted by Crippen LogP contribution is -2.34. The molecule has 4 nitrogen and oxygen atoms in total. The van der Waals surface area contributed by atoms with E-state index in [0.717, 1.165) is 19.3 Å². The summed E-state index contributed by atoms with van der Waals surface area (Å²) in [6.45, 7) is 15.8. The molecule has 29 heavy (non-hydrogen) atoms. The van der Waals surface area contributed by atoms with Crippen LogP contribution in [0.3, 0.4) is 0 Å². The van der Waals surface area contributed by atoms with Crippen LogP contribution in [0, 0.1) is 0 Å². The van der Waals surface area contributed by atoms with Crippen molar-refractivity contribution in [1.29, 1.82) is 0 Å². The molecule has 1 aliphatic rings. The first-order valence-corrected chi connectivity index (χ1v) is 11.4. The normalized spacial score (nSPS) is 20.7. The van der Waals surface area contributed by atoms with Gasteiger partial charge in [-0.25, -0.2) is 0 Å². The minimum Gasteiger partial charge on any atom is -0.396 e. The minimum absolute atomic E-state index is 0.0384. The molecule has 0 radical (unpaired) electrons. The number of carbonyl (C=O) groups excluding carboxylic acids is 1. The van der Waals surface area contributed by atoms with E-state index in [1.54, 1.807) is 0 Å². The summed E-state index contributed by atoms with van der Waals surface area (Å²) < 4.78 is 6.55. The second-order valence-corrected chi connectivity index (χ2v) is 9.49. The Balaban J connectivity index is 2.33. The van der Waals surface area contributed by atoms with Crippen LogP contribution in [0.4, 0.5) is 0 Å². The van der Waals surface area contributed by atoms with Gasteiger partial charge in [0.1, 0.15) is 0 Å². The maximum absolute atomic E-state index is 12.0. The molecule has 0 aromatic heterocycles. The van der Waals surface area contributed by atoms with Gasteiger partial charge in [-0.05, 0) is 66.2 Å². The Labute approximate surface area is 177 Å². The lowest BCUT2D eigenvalue weighted by molar-refractivity contribution is -0.120. The van der Waals surface area contributed by atoms with Crippen molar-refractivity contribution in [3.05, 3.63) is 34.4 Å². The highest BCUT2D eigenvalue weighted by Gasteiger charge is 2.35. The van der Waals surface area contributed by atoms with Crippen LogP contribution in [0.25, 0.3) is 0 Å². The Hall–Kier alpha value is -1.39. The molecule has 1 amide bonds. The number of rotatable bonds is 10. The van der Waals surface area contributed by atoms with E-state index in [-0.39, 0.29) is 30.8 Å². The fraction of sp³-hybridized carbons (Fsp3) is 0.720. The summed E-state index contributed by atoms with van der Waals surface area (Å²) >= 11 is 0. The molecule has 2 N–H and O–H groups in total. The van der Waals surface area contributed by atoms with Gasteiger partial charge >= 0.3 is 0 Å². The average molecular weight is 404 g/mol. The third kappa shape index (κ3) is 6.05. The Morgan fingerprint density at radius 2 is 1.59 bits per heavy atom. The Bertz CT molecular complexity index is 652. The van der Waals surface area contributed by atoms with Gasteiger partial charge in [0.05, 0.1) is 24.7 Å². The van der Waals surface area contributed by atoms with Gasteiger partial charge in [0, 0.05) is 6.61 Å². The van der Waals surface area contributed by atoms with E-state index in [9.17, 15) is 4.79 Å². The molecule has 0 unspecified atom stereocenters. The molecule has 0 saturated carbocycles. The Morgan fingerprint density at radius 1 is 1.00 bits per heavy atom. The highest BCUT2D eigenvalue weighted by atomic mass is 16.5. The van der Waals surface area contributed by atoms with Crippen molar-refractivity contribution in [2.24, 2.45) is 0 Å². The number of nitrogens with one attached hydrogen (secondary N) is 1. The van der Waals surface area contributed by atoms with Crippen molar-refractivity contribution >= 4 is 5.91 Å². The van der Waals surface area contributed by atoms with Gasteiger partial charge in [0.15, 0.2) is 0 Å². The van der Waals surface area contributed by atoms with Gasteiger partial charge in [-0.2, -0.15) is 0 Å². The van der Waals surface area contributed by atoms with Gasteiger partial charge < -0.3 is 15.2 Å². The van der Waals surface area contributed by atoms with Crippen molar-refractivity contribution in [2.75, 3.05) is 6.61 Å². The number of carbonyl (C=O) groups is 1. The van der Waals surface area contributed by atoms with E-state index in [0.29, 0.717) is 24.2 Å². The lowest BCUT2D eigenvalue weighted by atomic mass is 9.82. The molecule has 0 aliphatic carbocycles. The second-order valence-electron chi connectivity index (χ2n) is 9.49. The number of hydrogen-bond donors (Lipinski definition) is 2. The number of ether oxygens (including phenoxy) is 1. The minimum atomic E-state index is -0.110. The summed E-state index contributed by atoms with van der Waals surface area (Å²) in [6.07, 6.45) is 2.76. The van der Waals surface area contributed by atoms with E-state index in [1.807, 2.05) is 0 Å². The van der Waals surface area contributed by atoms with Gasteiger partial charge in [-0.15, -0.1) is 0 Å². The molecule has 3 atom stereocenters. The summed E-state index contributed by atoms with van der Waals surface area (Å²) in [6, 6.07) is 4.75. The van der Waals surface area contributed by atoms with Crippen LogP contribution in [0.2, 0.25) is 0 Å². The first kappa shape index (κ1) is 23.9. The molecular weight excluding hydrogens is 362 g/mol. The number of aliphatic hydroxyl groups excluding tert-OH is 1. The Morgan fingerprint density at radius 3 is 2.07 bits per heavy atom. The largest absolute Gasteiger partial charge is 0.396 e. The maximum atomic E-state index is 12.0. The monoisotopic (exact) mass is 403 g/mol. The zero-order chi connectivity index (χ0) is 21.7. The standard InChI is InChI=1S/C25H41NO3/c1-15(2)19-12-20(16(3)4)25(21(13-19)17(5)6)18(7)29-23-14-24(28)26-22(23)10-8-9-11-27/h12-13,15-18,22-23,27H,8-11,14H2,1-7H3,(H,26,28)/t18-,22+,23+/m1/s1. The molecule has 1 aromatic rings. The van der Waals surface area contributed by atoms with E-state index >= 15 is 0 Å². The fourth-order valence-corrected chi connectivity index (χ4v) is 4.37. The summed E-state index contributed by atoms with van der Waals surface area (Å²) in [5.41, 5.74) is 5.41. The third-order valence-corrected chi connectivity index (χ3v) is 6.07. The molecule has 1 fully saturated rings.